The van der Waals surface area contributed by atoms with Crippen molar-refractivity contribution in [1.82, 2.24) is 15.3 Å². The van der Waals surface area contributed by atoms with Crippen molar-refractivity contribution in [3.8, 4) is 11.1 Å². The number of nitrogens with one attached hydrogen (secondary N) is 2. The second-order valence-corrected chi connectivity index (χ2v) is 6.48. The molecule has 0 spiro atoms. The molecule has 26 heavy (non-hydrogen) atoms. The average molecular weight is 344 g/mol. The van der Waals surface area contributed by atoms with E-state index < -0.39 is 0 Å². The van der Waals surface area contributed by atoms with Crippen molar-refractivity contribution >= 4 is 11.6 Å². The number of hydrogen-bond donors (Lipinski definition) is 2. The molecule has 2 N–H and O–H groups in total. The predicted molar refractivity (Wildman–Crippen MR) is 102 cm³/mol. The van der Waals surface area contributed by atoms with Crippen LogP contribution in [-0.2, 0) is 4.79 Å². The Bertz CT molecular complexity index is 883. The lowest BCUT2D eigenvalue weighted by Crippen LogP contribution is -2.28. The van der Waals surface area contributed by atoms with E-state index >= 15 is 0 Å². The van der Waals surface area contributed by atoms with Crippen molar-refractivity contribution in [2.75, 3.05) is 18.4 Å². The molecule has 1 saturated heterocycles. The molecule has 0 aliphatic carbocycles. The summed E-state index contributed by atoms with van der Waals surface area (Å²) in [5.41, 5.74) is 3.89. The van der Waals surface area contributed by atoms with Crippen molar-refractivity contribution < 1.29 is 4.79 Å². The Labute approximate surface area is 152 Å². The summed E-state index contributed by atoms with van der Waals surface area (Å²) >= 11 is 0. The van der Waals surface area contributed by atoms with E-state index in [4.69, 9.17) is 0 Å². The van der Waals surface area contributed by atoms with Gasteiger partial charge in [-0.05, 0) is 23.3 Å². The second-order valence-electron chi connectivity index (χ2n) is 6.48. The Hall–Kier alpha value is -3.05. The highest BCUT2D eigenvalue weighted by Gasteiger charge is 2.33. The van der Waals surface area contributed by atoms with E-state index in [1.807, 2.05) is 42.5 Å². The fourth-order valence-electron chi connectivity index (χ4n) is 3.46. The first-order valence-electron chi connectivity index (χ1n) is 8.73. The van der Waals surface area contributed by atoms with E-state index in [0.717, 1.165) is 23.4 Å². The van der Waals surface area contributed by atoms with Crippen LogP contribution in [0.5, 0.6) is 0 Å². The van der Waals surface area contributed by atoms with Crippen molar-refractivity contribution in [1.29, 1.82) is 0 Å². The van der Waals surface area contributed by atoms with Gasteiger partial charge in [0.05, 0.1) is 5.92 Å². The fraction of sp³-hybridized carbons (Fsp3) is 0.190. The number of carbonyl (C=O) groups excluding carboxylic acids is 1. The summed E-state index contributed by atoms with van der Waals surface area (Å²) in [7, 11) is 0. The van der Waals surface area contributed by atoms with Gasteiger partial charge in [0.25, 0.3) is 0 Å². The topological polar surface area (TPSA) is 66.9 Å². The van der Waals surface area contributed by atoms with Gasteiger partial charge in [-0.1, -0.05) is 42.5 Å². The number of nitrogens with zero attached hydrogens (tertiary/aromatic N) is 2. The molecule has 130 valence electrons. The summed E-state index contributed by atoms with van der Waals surface area (Å²) in [6.45, 7) is 1.51. The van der Waals surface area contributed by atoms with Crippen LogP contribution in [0.1, 0.15) is 11.5 Å². The van der Waals surface area contributed by atoms with Gasteiger partial charge in [0, 0.05) is 42.7 Å². The van der Waals surface area contributed by atoms with Crippen LogP contribution in [0.4, 0.5) is 5.69 Å². The molecule has 4 rings (SSSR count). The van der Waals surface area contributed by atoms with Crippen LogP contribution in [0.2, 0.25) is 0 Å². The van der Waals surface area contributed by atoms with Gasteiger partial charge < -0.3 is 10.6 Å². The van der Waals surface area contributed by atoms with E-state index in [2.05, 4.69) is 32.7 Å². The molecular formula is C21H20N4O. The molecule has 5 nitrogen and oxygen atoms in total. The standard InChI is InChI=1S/C21H20N4O/c26-21(20-13-22-12-19(20)15-5-2-1-3-6-15)25-18-8-4-7-16(9-18)17-10-23-14-24-11-17/h1-11,14,19-20,22H,12-13H2,(H,25,26)/t19-,20+/m0/s1. The van der Waals surface area contributed by atoms with Gasteiger partial charge in [0.1, 0.15) is 6.33 Å². The number of anilines is 1. The third-order valence-electron chi connectivity index (χ3n) is 4.80. The maximum absolute atomic E-state index is 12.9. The first kappa shape index (κ1) is 16.4. The van der Waals surface area contributed by atoms with Crippen molar-refractivity contribution in [2.45, 2.75) is 5.92 Å². The smallest absolute Gasteiger partial charge is 0.229 e. The van der Waals surface area contributed by atoms with Crippen LogP contribution in [0.3, 0.4) is 0 Å². The van der Waals surface area contributed by atoms with Crippen LogP contribution in [-0.4, -0.2) is 29.0 Å². The molecule has 0 unspecified atom stereocenters. The maximum Gasteiger partial charge on any atom is 0.229 e. The van der Waals surface area contributed by atoms with Gasteiger partial charge in [0.2, 0.25) is 5.91 Å². The zero-order valence-corrected chi connectivity index (χ0v) is 14.3. The molecule has 1 aliphatic rings. The molecule has 2 atom stereocenters. The van der Waals surface area contributed by atoms with E-state index in [0.29, 0.717) is 6.54 Å². The average Bonchev–Trinajstić information content (AvgIpc) is 3.20. The molecular weight excluding hydrogens is 324 g/mol. The monoisotopic (exact) mass is 344 g/mol. The van der Waals surface area contributed by atoms with Crippen molar-refractivity contribution in [2.24, 2.45) is 5.92 Å². The molecule has 3 aromatic rings. The Kier molecular flexibility index (Phi) is 4.71. The SMILES string of the molecule is O=C(Nc1cccc(-c2cncnc2)c1)[C@@H]1CNC[C@H]1c1ccccc1. The van der Waals surface area contributed by atoms with Crippen LogP contribution in [0.25, 0.3) is 11.1 Å². The quantitative estimate of drug-likeness (QED) is 0.763. The summed E-state index contributed by atoms with van der Waals surface area (Å²) in [6.07, 6.45) is 5.03. The lowest BCUT2D eigenvalue weighted by Gasteiger charge is -2.19. The van der Waals surface area contributed by atoms with Gasteiger partial charge >= 0.3 is 0 Å². The molecule has 1 fully saturated rings. The molecule has 5 heteroatoms. The minimum Gasteiger partial charge on any atom is -0.326 e. The minimum absolute atomic E-state index is 0.0466. The zero-order chi connectivity index (χ0) is 17.8. The van der Waals surface area contributed by atoms with Gasteiger partial charge in [-0.25, -0.2) is 9.97 Å². The summed E-state index contributed by atoms with van der Waals surface area (Å²) in [6, 6.07) is 18.0. The van der Waals surface area contributed by atoms with Crippen molar-refractivity contribution in [3.05, 3.63) is 78.9 Å². The molecule has 2 heterocycles. The third-order valence-corrected chi connectivity index (χ3v) is 4.80. The Morgan fingerprint density at radius 1 is 0.962 bits per heavy atom. The molecule has 2 aromatic carbocycles. The second kappa shape index (κ2) is 7.45. The highest BCUT2D eigenvalue weighted by molar-refractivity contribution is 5.94. The van der Waals surface area contributed by atoms with E-state index in [9.17, 15) is 4.79 Å². The molecule has 0 bridgehead atoms. The molecule has 1 aromatic heterocycles. The predicted octanol–water partition coefficient (Wildman–Crippen LogP) is 3.09. The Balaban J connectivity index is 1.51. The largest absolute Gasteiger partial charge is 0.326 e. The third kappa shape index (κ3) is 3.48. The maximum atomic E-state index is 12.9. The fourth-order valence-corrected chi connectivity index (χ4v) is 3.46. The summed E-state index contributed by atoms with van der Waals surface area (Å²) in [4.78, 5) is 21.0. The Morgan fingerprint density at radius 2 is 1.77 bits per heavy atom. The minimum atomic E-state index is -0.0823. The summed E-state index contributed by atoms with van der Waals surface area (Å²) in [5, 5.41) is 6.42. The first-order chi connectivity index (χ1) is 12.8. The van der Waals surface area contributed by atoms with Gasteiger partial charge in [0.15, 0.2) is 0 Å². The number of carbonyl (C=O) groups is 1. The van der Waals surface area contributed by atoms with Crippen LogP contribution >= 0.6 is 0 Å². The van der Waals surface area contributed by atoms with E-state index in [-0.39, 0.29) is 17.7 Å². The lowest BCUT2D eigenvalue weighted by molar-refractivity contribution is -0.119. The normalized spacial score (nSPS) is 19.2. The number of benzene rings is 2. The van der Waals surface area contributed by atoms with Crippen molar-refractivity contribution in [3.63, 3.8) is 0 Å². The van der Waals surface area contributed by atoms with Gasteiger partial charge in [-0.15, -0.1) is 0 Å². The first-order valence-corrected chi connectivity index (χ1v) is 8.73. The molecule has 0 saturated carbocycles. The van der Waals surface area contributed by atoms with Crippen LogP contribution in [0.15, 0.2) is 73.3 Å². The highest BCUT2D eigenvalue weighted by atomic mass is 16.1. The Morgan fingerprint density at radius 3 is 2.58 bits per heavy atom. The summed E-state index contributed by atoms with van der Waals surface area (Å²) < 4.78 is 0. The molecule has 1 amide bonds. The highest BCUT2D eigenvalue weighted by Crippen LogP contribution is 2.29. The zero-order valence-electron chi connectivity index (χ0n) is 14.3. The van der Waals surface area contributed by atoms with E-state index in [1.54, 1.807) is 12.4 Å². The molecule has 1 aliphatic heterocycles. The van der Waals surface area contributed by atoms with E-state index in [1.165, 1.54) is 11.9 Å². The van der Waals surface area contributed by atoms with Crippen LogP contribution < -0.4 is 10.6 Å². The van der Waals surface area contributed by atoms with Crippen LogP contribution in [0, 0.1) is 5.92 Å². The number of hydrogen-bond acceptors (Lipinski definition) is 4. The summed E-state index contributed by atoms with van der Waals surface area (Å²) in [5.74, 6) is 0.160. The lowest BCUT2D eigenvalue weighted by atomic mass is 9.88. The van der Waals surface area contributed by atoms with Gasteiger partial charge in [-0.2, -0.15) is 0 Å². The molecule has 0 radical (unpaired) electrons. The number of amides is 1. The van der Waals surface area contributed by atoms with Gasteiger partial charge in [-0.3, -0.25) is 4.79 Å². The number of aromatic nitrogens is 2. The number of rotatable bonds is 4.